The Kier molecular flexibility index (Phi) is 7.94. The molecular weight excluding hydrogens is 497 g/mol. The molecule has 2 amide bonds. The quantitative estimate of drug-likeness (QED) is 0.309. The zero-order valence-corrected chi connectivity index (χ0v) is 22.2. The number of benzene rings is 2. The van der Waals surface area contributed by atoms with Gasteiger partial charge in [0.25, 0.3) is 0 Å². The molecule has 2 aromatic carbocycles. The van der Waals surface area contributed by atoms with E-state index >= 15 is 0 Å². The molecule has 0 saturated carbocycles. The summed E-state index contributed by atoms with van der Waals surface area (Å²) in [6, 6.07) is 15.6. The number of hydrogen-bond donors (Lipinski definition) is 3. The number of halogens is 1. The molecule has 1 aliphatic rings. The van der Waals surface area contributed by atoms with Crippen LogP contribution < -0.4 is 16.0 Å². The van der Waals surface area contributed by atoms with E-state index in [9.17, 15) is 9.18 Å². The standard InChI is InChI=1S/C29H32FN7O2/c1-18-27(22-15-32-19(2)33-16-22)36-37(24-10-5-4-6-11-24)28(18)35-29(38)34-25-17-31-14-21(25)13-26(39-3)20-8-7-9-23(30)12-20/h4-12,15-16,21,25-26,31H,13-14,17H2,1-3H3,(H2,34,35,38)/t21-,25-,26?/m1/s1. The van der Waals surface area contributed by atoms with Crippen LogP contribution in [0.15, 0.2) is 67.0 Å². The third kappa shape index (κ3) is 5.97. The highest BCUT2D eigenvalue weighted by atomic mass is 19.1. The molecule has 3 N–H and O–H groups in total. The number of aryl methyl sites for hydroxylation is 1. The van der Waals surface area contributed by atoms with Crippen LogP contribution in [-0.4, -0.2) is 52.0 Å². The van der Waals surface area contributed by atoms with E-state index in [1.54, 1.807) is 30.3 Å². The van der Waals surface area contributed by atoms with Crippen LogP contribution in [0.1, 0.15) is 29.5 Å². The van der Waals surface area contributed by atoms with Crippen molar-refractivity contribution in [3.8, 4) is 16.9 Å². The highest BCUT2D eigenvalue weighted by Crippen LogP contribution is 2.31. The van der Waals surface area contributed by atoms with Gasteiger partial charge in [-0.15, -0.1) is 0 Å². The molecule has 0 spiro atoms. The highest BCUT2D eigenvalue weighted by Gasteiger charge is 2.32. The largest absolute Gasteiger partial charge is 0.377 e. The van der Waals surface area contributed by atoms with Gasteiger partial charge in [-0.1, -0.05) is 30.3 Å². The Morgan fingerprint density at radius 2 is 1.90 bits per heavy atom. The highest BCUT2D eigenvalue weighted by molar-refractivity contribution is 5.91. The molecule has 202 valence electrons. The molecule has 0 aliphatic carbocycles. The SMILES string of the molecule is COC(C[C@@H]1CNC[C@H]1NC(=O)Nc1c(C)c(-c2cnc(C)nc2)nn1-c1ccccc1)c1cccc(F)c1. The number of para-hydroxylation sites is 1. The van der Waals surface area contributed by atoms with Crippen molar-refractivity contribution in [2.75, 3.05) is 25.5 Å². The molecule has 0 bridgehead atoms. The number of carbonyl (C=O) groups is 1. The molecule has 2 aromatic heterocycles. The van der Waals surface area contributed by atoms with Gasteiger partial charge in [0.05, 0.1) is 11.8 Å². The van der Waals surface area contributed by atoms with E-state index < -0.39 is 0 Å². The fourth-order valence-corrected chi connectivity index (χ4v) is 5.00. The first-order valence-electron chi connectivity index (χ1n) is 12.9. The van der Waals surface area contributed by atoms with Crippen molar-refractivity contribution in [3.05, 3.63) is 89.8 Å². The molecule has 3 heterocycles. The minimum Gasteiger partial charge on any atom is -0.377 e. The number of methoxy groups -OCH3 is 1. The molecule has 1 fully saturated rings. The minimum atomic E-state index is -0.333. The Labute approximate surface area is 226 Å². The average Bonchev–Trinajstić information content (AvgIpc) is 3.51. The lowest BCUT2D eigenvalue weighted by atomic mass is 9.93. The Balaban J connectivity index is 1.35. The van der Waals surface area contributed by atoms with Gasteiger partial charge in [0.15, 0.2) is 0 Å². The summed E-state index contributed by atoms with van der Waals surface area (Å²) in [5.74, 6) is 1.04. The number of anilines is 1. The van der Waals surface area contributed by atoms with E-state index in [4.69, 9.17) is 9.84 Å². The molecule has 9 nitrogen and oxygen atoms in total. The maximum Gasteiger partial charge on any atom is 0.320 e. The van der Waals surface area contributed by atoms with Gasteiger partial charge < -0.3 is 15.4 Å². The van der Waals surface area contributed by atoms with E-state index in [0.717, 1.165) is 28.9 Å². The number of aromatic nitrogens is 4. The normalized spacial score (nSPS) is 17.6. The van der Waals surface area contributed by atoms with Crippen molar-refractivity contribution < 1.29 is 13.9 Å². The molecule has 1 saturated heterocycles. The summed E-state index contributed by atoms with van der Waals surface area (Å²) in [4.78, 5) is 21.9. The van der Waals surface area contributed by atoms with Gasteiger partial charge >= 0.3 is 6.03 Å². The summed E-state index contributed by atoms with van der Waals surface area (Å²) >= 11 is 0. The van der Waals surface area contributed by atoms with Crippen LogP contribution in [0.25, 0.3) is 16.9 Å². The number of ether oxygens (including phenoxy) is 1. The minimum absolute atomic E-state index is 0.101. The summed E-state index contributed by atoms with van der Waals surface area (Å²) in [7, 11) is 1.62. The smallest absolute Gasteiger partial charge is 0.320 e. The van der Waals surface area contributed by atoms with Crippen LogP contribution in [0.3, 0.4) is 0 Å². The predicted octanol–water partition coefficient (Wildman–Crippen LogP) is 4.57. The fraction of sp³-hybridized carbons (Fsp3) is 0.310. The van der Waals surface area contributed by atoms with Gasteiger partial charge in [-0.25, -0.2) is 23.8 Å². The number of nitrogens with zero attached hydrogens (tertiary/aromatic N) is 4. The molecular formula is C29H32FN7O2. The van der Waals surface area contributed by atoms with Crippen LogP contribution in [0.4, 0.5) is 15.0 Å². The van der Waals surface area contributed by atoms with Crippen molar-refractivity contribution in [1.82, 2.24) is 30.4 Å². The molecule has 1 unspecified atom stereocenters. The summed E-state index contributed by atoms with van der Waals surface area (Å²) in [6.07, 6.45) is 3.82. The summed E-state index contributed by atoms with van der Waals surface area (Å²) < 4.78 is 21.2. The van der Waals surface area contributed by atoms with Gasteiger partial charge in [0.1, 0.15) is 23.2 Å². The molecule has 5 rings (SSSR count). The average molecular weight is 530 g/mol. The first kappa shape index (κ1) is 26.5. The van der Waals surface area contributed by atoms with Gasteiger partial charge in [-0.05, 0) is 56.0 Å². The monoisotopic (exact) mass is 529 g/mol. The second-order valence-electron chi connectivity index (χ2n) is 9.73. The van der Waals surface area contributed by atoms with E-state index in [0.29, 0.717) is 30.3 Å². The van der Waals surface area contributed by atoms with E-state index in [1.807, 2.05) is 50.2 Å². The zero-order valence-electron chi connectivity index (χ0n) is 22.2. The number of urea groups is 1. The second kappa shape index (κ2) is 11.7. The Hall–Kier alpha value is -4.15. The van der Waals surface area contributed by atoms with Crippen LogP contribution in [0, 0.1) is 25.6 Å². The van der Waals surface area contributed by atoms with Crippen LogP contribution in [0.5, 0.6) is 0 Å². The topological polar surface area (TPSA) is 106 Å². The van der Waals surface area contributed by atoms with E-state index in [2.05, 4.69) is 25.9 Å². The lowest BCUT2D eigenvalue weighted by Crippen LogP contribution is -2.43. The first-order valence-corrected chi connectivity index (χ1v) is 12.9. The van der Waals surface area contributed by atoms with Crippen molar-refractivity contribution in [1.29, 1.82) is 0 Å². The second-order valence-corrected chi connectivity index (χ2v) is 9.73. The number of nitrogens with one attached hydrogen (secondary N) is 3. The fourth-order valence-electron chi connectivity index (χ4n) is 5.00. The van der Waals surface area contributed by atoms with Crippen LogP contribution in [0.2, 0.25) is 0 Å². The van der Waals surface area contributed by atoms with Crippen LogP contribution in [-0.2, 0) is 4.74 Å². The first-order chi connectivity index (χ1) is 18.9. The maximum atomic E-state index is 13.8. The molecule has 0 radical (unpaired) electrons. The third-order valence-electron chi connectivity index (χ3n) is 7.09. The number of hydrogen-bond acceptors (Lipinski definition) is 6. The molecule has 10 heteroatoms. The predicted molar refractivity (Wildman–Crippen MR) is 147 cm³/mol. The zero-order chi connectivity index (χ0) is 27.4. The van der Waals surface area contributed by atoms with Gasteiger partial charge in [0.2, 0.25) is 0 Å². The number of amides is 2. The lowest BCUT2D eigenvalue weighted by Gasteiger charge is -2.25. The Bertz CT molecular complexity index is 1430. The molecule has 3 atom stereocenters. The van der Waals surface area contributed by atoms with E-state index in [-0.39, 0.29) is 29.9 Å². The van der Waals surface area contributed by atoms with Crippen molar-refractivity contribution in [2.24, 2.45) is 5.92 Å². The van der Waals surface area contributed by atoms with Gasteiger partial charge in [0, 0.05) is 49.8 Å². The van der Waals surface area contributed by atoms with Crippen LogP contribution >= 0.6 is 0 Å². The molecule has 4 aromatic rings. The molecule has 1 aliphatic heterocycles. The van der Waals surface area contributed by atoms with E-state index in [1.165, 1.54) is 12.1 Å². The summed E-state index contributed by atoms with van der Waals surface area (Å²) in [5.41, 5.74) is 3.84. The summed E-state index contributed by atoms with van der Waals surface area (Å²) in [5, 5.41) is 14.3. The van der Waals surface area contributed by atoms with Crippen molar-refractivity contribution in [2.45, 2.75) is 32.4 Å². The Morgan fingerprint density at radius 3 is 2.62 bits per heavy atom. The molecule has 39 heavy (non-hydrogen) atoms. The van der Waals surface area contributed by atoms with Gasteiger partial charge in [-0.3, -0.25) is 5.32 Å². The lowest BCUT2D eigenvalue weighted by molar-refractivity contribution is 0.0789. The Morgan fingerprint density at radius 1 is 1.13 bits per heavy atom. The maximum absolute atomic E-state index is 13.8. The number of carbonyl (C=O) groups excluding carboxylic acids is 1. The summed E-state index contributed by atoms with van der Waals surface area (Å²) in [6.45, 7) is 5.09. The third-order valence-corrected chi connectivity index (χ3v) is 7.09. The van der Waals surface area contributed by atoms with Crippen molar-refractivity contribution in [3.63, 3.8) is 0 Å². The van der Waals surface area contributed by atoms with Gasteiger partial charge in [-0.2, -0.15) is 5.10 Å². The number of rotatable bonds is 8. The van der Waals surface area contributed by atoms with Crippen molar-refractivity contribution >= 4 is 11.8 Å².